The maximum atomic E-state index is 12.4. The molecule has 1 amide bonds. The highest BCUT2D eigenvalue weighted by molar-refractivity contribution is 6.30. The molecule has 1 N–H and O–H groups in total. The summed E-state index contributed by atoms with van der Waals surface area (Å²) in [5.41, 5.74) is -0.783. The molecule has 4 aliphatic heterocycles. The van der Waals surface area contributed by atoms with Crippen LogP contribution in [0.15, 0.2) is 24.3 Å². The summed E-state index contributed by atoms with van der Waals surface area (Å²) in [5, 5.41) is 3.32. The Morgan fingerprint density at radius 1 is 1.17 bits per heavy atom. The van der Waals surface area contributed by atoms with Crippen molar-refractivity contribution in [3.05, 3.63) is 29.3 Å². The number of rotatable bonds is 3. The van der Waals surface area contributed by atoms with Gasteiger partial charge in [0.1, 0.15) is 12.2 Å². The van der Waals surface area contributed by atoms with E-state index in [1.165, 1.54) is 0 Å². The zero-order valence-corrected chi connectivity index (χ0v) is 18.2. The lowest BCUT2D eigenvalue weighted by Crippen LogP contribution is -2.62. The molecule has 1 aliphatic carbocycles. The number of anilines is 1. The molecule has 1 aromatic carbocycles. The molecule has 4 saturated heterocycles. The van der Waals surface area contributed by atoms with Gasteiger partial charge in [-0.25, -0.2) is 14.6 Å². The Balaban J connectivity index is 1.34. The second-order valence-electron chi connectivity index (χ2n) is 9.49. The first-order chi connectivity index (χ1) is 14.2. The number of ether oxygens (including phenoxy) is 3. The average Bonchev–Trinajstić information content (AvgIpc) is 2.79. The van der Waals surface area contributed by atoms with Gasteiger partial charge in [0.2, 0.25) is 5.79 Å². The van der Waals surface area contributed by atoms with Crippen LogP contribution in [0, 0.1) is 17.8 Å². The molecule has 5 fully saturated rings. The van der Waals surface area contributed by atoms with Crippen LogP contribution in [0.5, 0.6) is 0 Å². The number of halogens is 1. The predicted octanol–water partition coefficient (Wildman–Crippen LogP) is 4.89. The maximum absolute atomic E-state index is 12.4. The van der Waals surface area contributed by atoms with Crippen molar-refractivity contribution in [2.45, 2.75) is 69.7 Å². The maximum Gasteiger partial charge on any atom is 0.411 e. The first kappa shape index (κ1) is 20.5. The van der Waals surface area contributed by atoms with E-state index in [2.05, 4.69) is 12.2 Å². The van der Waals surface area contributed by atoms with Crippen molar-refractivity contribution in [1.82, 2.24) is 0 Å². The number of amides is 1. The number of fused-ring (bicyclic) bond motifs is 2. The van der Waals surface area contributed by atoms with Gasteiger partial charge in [0.15, 0.2) is 11.9 Å². The van der Waals surface area contributed by atoms with Gasteiger partial charge in [0, 0.05) is 23.0 Å². The second kappa shape index (κ2) is 7.07. The minimum absolute atomic E-state index is 0.00202. The van der Waals surface area contributed by atoms with E-state index < -0.39 is 29.4 Å². The van der Waals surface area contributed by atoms with E-state index in [0.717, 1.165) is 25.7 Å². The lowest BCUT2D eigenvalue weighted by molar-refractivity contribution is -0.541. The van der Waals surface area contributed by atoms with Crippen LogP contribution in [0.25, 0.3) is 0 Å². The van der Waals surface area contributed by atoms with E-state index in [-0.39, 0.29) is 18.4 Å². The van der Waals surface area contributed by atoms with E-state index in [4.69, 9.17) is 35.6 Å². The minimum atomic E-state index is -0.810. The van der Waals surface area contributed by atoms with Gasteiger partial charge >= 0.3 is 6.09 Å². The quantitative estimate of drug-likeness (QED) is 0.678. The lowest BCUT2D eigenvalue weighted by atomic mass is 9.60. The smallest absolute Gasteiger partial charge is 0.411 e. The molecule has 5 aliphatic rings. The fraction of sp³-hybridized carbons (Fsp3) is 0.682. The van der Waals surface area contributed by atoms with Gasteiger partial charge in [0.05, 0.1) is 0 Å². The van der Waals surface area contributed by atoms with Crippen molar-refractivity contribution in [3.63, 3.8) is 0 Å². The molecular formula is C22H28ClNO6. The van der Waals surface area contributed by atoms with Gasteiger partial charge in [0.25, 0.3) is 0 Å². The summed E-state index contributed by atoms with van der Waals surface area (Å²) in [6.07, 6.45) is 2.62. The first-order valence-electron chi connectivity index (χ1n) is 10.7. The Labute approximate surface area is 181 Å². The van der Waals surface area contributed by atoms with Gasteiger partial charge in [-0.2, -0.15) is 0 Å². The molecule has 1 spiro atoms. The lowest BCUT2D eigenvalue weighted by Gasteiger charge is -2.50. The minimum Gasteiger partial charge on any atom is -0.446 e. The topological polar surface area (TPSA) is 75.2 Å². The summed E-state index contributed by atoms with van der Waals surface area (Å²) in [7, 11) is 0. The van der Waals surface area contributed by atoms with Gasteiger partial charge < -0.3 is 14.2 Å². The Bertz CT molecular complexity index is 835. The highest BCUT2D eigenvalue weighted by atomic mass is 35.5. The van der Waals surface area contributed by atoms with Crippen LogP contribution in [0.2, 0.25) is 5.02 Å². The van der Waals surface area contributed by atoms with Crippen molar-refractivity contribution in [1.29, 1.82) is 0 Å². The van der Waals surface area contributed by atoms with Crippen molar-refractivity contribution in [2.75, 3.05) is 11.9 Å². The van der Waals surface area contributed by atoms with Crippen LogP contribution in [-0.2, 0) is 24.0 Å². The van der Waals surface area contributed by atoms with E-state index >= 15 is 0 Å². The second-order valence-corrected chi connectivity index (χ2v) is 9.93. The van der Waals surface area contributed by atoms with Crippen LogP contribution < -0.4 is 5.32 Å². The van der Waals surface area contributed by atoms with E-state index in [1.807, 2.05) is 13.8 Å². The van der Waals surface area contributed by atoms with Gasteiger partial charge in [-0.05, 0) is 69.2 Å². The SMILES string of the molecule is C[C@@H]1CCC2[C@]34OO[C@](C)(CC[C@@H]13)O[C@H]4O[C@]2(C)COC(=O)Nc1ccc(Cl)cc1. The fourth-order valence-corrected chi connectivity index (χ4v) is 5.97. The molecule has 7 nitrogen and oxygen atoms in total. The number of carbonyl (C=O) groups excluding carboxylic acids is 1. The van der Waals surface area contributed by atoms with E-state index in [1.54, 1.807) is 24.3 Å². The Kier molecular flexibility index (Phi) is 4.83. The average molecular weight is 438 g/mol. The van der Waals surface area contributed by atoms with Crippen molar-refractivity contribution >= 4 is 23.4 Å². The summed E-state index contributed by atoms with van der Waals surface area (Å²) < 4.78 is 18.3. The largest absolute Gasteiger partial charge is 0.446 e. The fourth-order valence-electron chi connectivity index (χ4n) is 5.84. The van der Waals surface area contributed by atoms with Gasteiger partial charge in [-0.3, -0.25) is 5.32 Å². The van der Waals surface area contributed by atoms with Crippen LogP contribution in [0.1, 0.15) is 46.5 Å². The van der Waals surface area contributed by atoms with Gasteiger partial charge in [-0.15, -0.1) is 0 Å². The monoisotopic (exact) mass is 437 g/mol. The Morgan fingerprint density at radius 3 is 2.70 bits per heavy atom. The van der Waals surface area contributed by atoms with Crippen molar-refractivity contribution < 1.29 is 28.8 Å². The molecule has 7 atom stereocenters. The summed E-state index contributed by atoms with van der Waals surface area (Å²) >= 11 is 5.89. The summed E-state index contributed by atoms with van der Waals surface area (Å²) in [4.78, 5) is 24.3. The molecule has 8 heteroatoms. The van der Waals surface area contributed by atoms with Crippen molar-refractivity contribution in [2.24, 2.45) is 17.8 Å². The zero-order chi connectivity index (χ0) is 21.1. The molecule has 1 aromatic rings. The van der Waals surface area contributed by atoms with Crippen LogP contribution in [-0.4, -0.2) is 36.0 Å². The molecule has 164 valence electrons. The predicted molar refractivity (Wildman–Crippen MR) is 109 cm³/mol. The van der Waals surface area contributed by atoms with E-state index in [0.29, 0.717) is 16.6 Å². The van der Waals surface area contributed by atoms with Crippen LogP contribution >= 0.6 is 11.6 Å². The third kappa shape index (κ3) is 3.14. The molecule has 4 heterocycles. The standard InChI is InChI=1S/C22H28ClNO6/c1-13-4-9-17-20(2,12-26-19(25)24-15-7-5-14(23)6-8-15)27-18-22(17)16(13)10-11-21(3,28-18)29-30-22/h5-8,13,16-18H,4,9-12H2,1-3H3,(H,24,25)/t13-,16+,17?,18-,20-,21-,22-/m1/s1. The molecule has 6 rings (SSSR count). The molecule has 30 heavy (non-hydrogen) atoms. The number of nitrogens with one attached hydrogen (secondary N) is 1. The molecule has 2 bridgehead atoms. The Hall–Kier alpha value is -1.38. The third-order valence-corrected chi connectivity index (χ3v) is 7.66. The highest BCUT2D eigenvalue weighted by Gasteiger charge is 2.74. The number of hydrogen-bond acceptors (Lipinski definition) is 6. The van der Waals surface area contributed by atoms with E-state index in [9.17, 15) is 4.79 Å². The number of carbonyl (C=O) groups is 1. The van der Waals surface area contributed by atoms with Crippen LogP contribution in [0.4, 0.5) is 10.5 Å². The summed E-state index contributed by atoms with van der Waals surface area (Å²) in [6.45, 7) is 6.24. The number of benzene rings is 1. The Morgan fingerprint density at radius 2 is 1.93 bits per heavy atom. The van der Waals surface area contributed by atoms with Crippen molar-refractivity contribution in [3.8, 4) is 0 Å². The molecule has 1 saturated carbocycles. The highest BCUT2D eigenvalue weighted by Crippen LogP contribution is 2.63. The van der Waals surface area contributed by atoms with Gasteiger partial charge in [-0.1, -0.05) is 18.5 Å². The van der Waals surface area contributed by atoms with Crippen LogP contribution in [0.3, 0.4) is 0 Å². The summed E-state index contributed by atoms with van der Waals surface area (Å²) in [6, 6.07) is 6.86. The first-order valence-corrected chi connectivity index (χ1v) is 11.0. The molecule has 0 radical (unpaired) electrons. The molecule has 0 aromatic heterocycles. The zero-order valence-electron chi connectivity index (χ0n) is 17.5. The third-order valence-electron chi connectivity index (χ3n) is 7.41. The molecule has 1 unspecified atom stereocenters. The number of hydrogen-bond donors (Lipinski definition) is 1. The molecular weight excluding hydrogens is 410 g/mol. The summed E-state index contributed by atoms with van der Waals surface area (Å²) in [5.74, 6) is -0.0516. The normalized spacial score (nSPS) is 44.3.